The van der Waals surface area contributed by atoms with E-state index in [9.17, 15) is 9.90 Å². The number of aromatic nitrogens is 1. The highest BCUT2D eigenvalue weighted by atomic mass is 79.9. The summed E-state index contributed by atoms with van der Waals surface area (Å²) in [6.45, 7) is 0.703. The number of halogens is 1. The van der Waals surface area contributed by atoms with Crippen molar-refractivity contribution in [2.75, 3.05) is 5.32 Å². The van der Waals surface area contributed by atoms with E-state index >= 15 is 0 Å². The maximum Gasteiger partial charge on any atom is 0.252 e. The number of hydrogen-bond acceptors (Lipinski definition) is 6. The van der Waals surface area contributed by atoms with Gasteiger partial charge in [-0.05, 0) is 35.7 Å². The fourth-order valence-electron chi connectivity index (χ4n) is 2.67. The molecule has 0 bridgehead atoms. The number of anilines is 1. The molecule has 0 atom stereocenters. The molecule has 4 aromatic rings. The number of thiazole rings is 1. The third-order valence-electron chi connectivity index (χ3n) is 3.95. The topological polar surface area (TPSA) is 88.2 Å². The van der Waals surface area contributed by atoms with Gasteiger partial charge in [0.05, 0.1) is 17.8 Å². The second-order valence-electron chi connectivity index (χ2n) is 5.74. The van der Waals surface area contributed by atoms with Gasteiger partial charge in [0, 0.05) is 20.5 Å². The van der Waals surface area contributed by atoms with E-state index in [0.29, 0.717) is 6.54 Å². The van der Waals surface area contributed by atoms with Crippen LogP contribution in [0.1, 0.15) is 15.2 Å². The van der Waals surface area contributed by atoms with Crippen LogP contribution in [0.2, 0.25) is 0 Å². The molecular formula is C19H16BrN3O2S2. The van der Waals surface area contributed by atoms with Gasteiger partial charge < -0.3 is 16.2 Å². The smallest absolute Gasteiger partial charge is 0.252 e. The fraction of sp³-hybridized carbons (Fsp3) is 0.0526. The number of nitrogens with one attached hydrogen (secondary N) is 1. The molecule has 0 fully saturated rings. The van der Waals surface area contributed by atoms with Crippen molar-refractivity contribution in [2.24, 2.45) is 5.73 Å². The first-order chi connectivity index (χ1) is 12.6. The van der Waals surface area contributed by atoms with Gasteiger partial charge in [0.2, 0.25) is 0 Å². The lowest BCUT2D eigenvalue weighted by atomic mass is 10.1. The van der Waals surface area contributed by atoms with Crippen molar-refractivity contribution in [3.63, 3.8) is 0 Å². The molecule has 2 aromatic carbocycles. The van der Waals surface area contributed by atoms with Crippen molar-refractivity contribution in [2.45, 2.75) is 6.54 Å². The number of hydrogen-bond donors (Lipinski definition) is 3. The molecule has 2 aromatic heterocycles. The number of nitrogens with two attached hydrogens (primary N) is 1. The molecule has 4 rings (SSSR count). The van der Waals surface area contributed by atoms with E-state index in [1.54, 1.807) is 23.5 Å². The van der Waals surface area contributed by atoms with Crippen molar-refractivity contribution in [3.8, 4) is 17.0 Å². The minimum atomic E-state index is -0.664. The van der Waals surface area contributed by atoms with Crippen LogP contribution in [-0.4, -0.2) is 16.0 Å². The Balaban J connectivity index is 0.00000210. The molecule has 2 heterocycles. The number of thiophene rings is 1. The van der Waals surface area contributed by atoms with Gasteiger partial charge in [-0.1, -0.05) is 18.2 Å². The molecule has 138 valence electrons. The largest absolute Gasteiger partial charge is 0.507 e. The van der Waals surface area contributed by atoms with Gasteiger partial charge in [0.25, 0.3) is 5.91 Å². The number of benzene rings is 2. The number of carbonyl (C=O) groups is 1. The van der Waals surface area contributed by atoms with E-state index in [1.165, 1.54) is 32.4 Å². The summed E-state index contributed by atoms with van der Waals surface area (Å²) in [5.74, 6) is -0.790. The van der Waals surface area contributed by atoms with Gasteiger partial charge >= 0.3 is 0 Å². The molecule has 0 radical (unpaired) electrons. The highest BCUT2D eigenvalue weighted by Crippen LogP contribution is 2.30. The van der Waals surface area contributed by atoms with E-state index in [-0.39, 0.29) is 28.3 Å². The molecule has 4 N–H and O–H groups in total. The summed E-state index contributed by atoms with van der Waals surface area (Å²) in [6.07, 6.45) is 0. The molecule has 0 saturated heterocycles. The zero-order valence-electron chi connectivity index (χ0n) is 14.0. The average molecular weight is 462 g/mol. The first kappa shape index (κ1) is 19.3. The maximum absolute atomic E-state index is 11.4. The molecule has 1 amide bonds. The molecule has 0 aliphatic heterocycles. The Morgan fingerprint density at radius 2 is 2.00 bits per heavy atom. The van der Waals surface area contributed by atoms with Crippen LogP contribution in [0.3, 0.4) is 0 Å². The number of amides is 1. The van der Waals surface area contributed by atoms with E-state index in [0.717, 1.165) is 16.4 Å². The average Bonchev–Trinajstić information content (AvgIpc) is 3.26. The summed E-state index contributed by atoms with van der Waals surface area (Å²) < 4.78 is 1.27. The van der Waals surface area contributed by atoms with Gasteiger partial charge in [0.1, 0.15) is 5.75 Å². The summed E-state index contributed by atoms with van der Waals surface area (Å²) in [6, 6.07) is 15.2. The zero-order chi connectivity index (χ0) is 18.1. The SMILES string of the molecule is Br.NC(=O)c1cc(-c2csc(NCc3cc4ccccc4s3)n2)ccc1O. The second-order valence-corrected chi connectivity index (χ2v) is 7.76. The number of carbonyl (C=O) groups excluding carboxylic acids is 1. The molecule has 27 heavy (non-hydrogen) atoms. The second kappa shape index (κ2) is 8.08. The summed E-state index contributed by atoms with van der Waals surface area (Å²) in [5.41, 5.74) is 6.85. The molecule has 0 aliphatic carbocycles. The molecule has 0 saturated carbocycles. The fourth-order valence-corrected chi connectivity index (χ4v) is 4.39. The van der Waals surface area contributed by atoms with Crippen molar-refractivity contribution >= 4 is 60.8 Å². The van der Waals surface area contributed by atoms with Crippen LogP contribution in [0.25, 0.3) is 21.3 Å². The van der Waals surface area contributed by atoms with Crippen molar-refractivity contribution in [1.29, 1.82) is 0 Å². The van der Waals surface area contributed by atoms with Crippen molar-refractivity contribution < 1.29 is 9.90 Å². The zero-order valence-corrected chi connectivity index (χ0v) is 17.4. The molecule has 0 aliphatic rings. The Hall–Kier alpha value is -2.42. The first-order valence-corrected chi connectivity index (χ1v) is 9.60. The number of phenols is 1. The monoisotopic (exact) mass is 461 g/mol. The Kier molecular flexibility index (Phi) is 5.79. The summed E-state index contributed by atoms with van der Waals surface area (Å²) in [5, 5.41) is 17.0. The van der Waals surface area contributed by atoms with Crippen LogP contribution >= 0.6 is 39.7 Å². The Morgan fingerprint density at radius 1 is 1.19 bits per heavy atom. The molecule has 8 heteroatoms. The van der Waals surface area contributed by atoms with Crippen LogP contribution in [0.15, 0.2) is 53.9 Å². The van der Waals surface area contributed by atoms with Crippen molar-refractivity contribution in [3.05, 3.63) is 64.4 Å². The number of rotatable bonds is 5. The van der Waals surface area contributed by atoms with Crippen LogP contribution in [0, 0.1) is 0 Å². The van der Waals surface area contributed by atoms with E-state index in [2.05, 4.69) is 28.5 Å². The van der Waals surface area contributed by atoms with E-state index < -0.39 is 5.91 Å². The number of nitrogens with zero attached hydrogens (tertiary/aromatic N) is 1. The first-order valence-electron chi connectivity index (χ1n) is 7.90. The van der Waals surface area contributed by atoms with Gasteiger partial charge in [0.15, 0.2) is 5.13 Å². The summed E-state index contributed by atoms with van der Waals surface area (Å²) in [4.78, 5) is 17.2. The van der Waals surface area contributed by atoms with Crippen molar-refractivity contribution in [1.82, 2.24) is 4.98 Å². The highest BCUT2D eigenvalue weighted by molar-refractivity contribution is 8.93. The van der Waals surface area contributed by atoms with Crippen LogP contribution < -0.4 is 11.1 Å². The Bertz CT molecular complexity index is 1070. The molecule has 5 nitrogen and oxygen atoms in total. The summed E-state index contributed by atoms with van der Waals surface area (Å²) >= 11 is 3.25. The third kappa shape index (κ3) is 4.13. The summed E-state index contributed by atoms with van der Waals surface area (Å²) in [7, 11) is 0. The Morgan fingerprint density at radius 3 is 2.78 bits per heavy atom. The quantitative estimate of drug-likeness (QED) is 0.389. The lowest BCUT2D eigenvalue weighted by molar-refractivity contribution is 0.0998. The van der Waals surface area contributed by atoms with Crippen LogP contribution in [0.4, 0.5) is 5.13 Å². The van der Waals surface area contributed by atoms with Gasteiger partial charge in [-0.25, -0.2) is 4.98 Å². The van der Waals surface area contributed by atoms with Crippen LogP contribution in [0.5, 0.6) is 5.75 Å². The predicted molar refractivity (Wildman–Crippen MR) is 117 cm³/mol. The number of aromatic hydroxyl groups is 1. The minimum Gasteiger partial charge on any atom is -0.507 e. The lowest BCUT2D eigenvalue weighted by Gasteiger charge is -2.03. The maximum atomic E-state index is 11.4. The number of primary amides is 1. The highest BCUT2D eigenvalue weighted by Gasteiger charge is 2.11. The van der Waals surface area contributed by atoms with Gasteiger partial charge in [-0.3, -0.25) is 4.79 Å². The minimum absolute atomic E-state index is 0. The molecule has 0 spiro atoms. The van der Waals surface area contributed by atoms with Gasteiger partial charge in [-0.2, -0.15) is 0 Å². The van der Waals surface area contributed by atoms with Crippen LogP contribution in [-0.2, 0) is 6.54 Å². The van der Waals surface area contributed by atoms with Gasteiger partial charge in [-0.15, -0.1) is 39.7 Å². The van der Waals surface area contributed by atoms with E-state index in [4.69, 9.17) is 5.73 Å². The standard InChI is InChI=1S/C19H15N3O2S2.BrH/c20-18(24)14-8-11(5-6-16(14)23)15-10-25-19(22-15)21-9-13-7-12-3-1-2-4-17(12)26-13;/h1-8,10,23H,9H2,(H2,20,24)(H,21,22);1H. The third-order valence-corrected chi connectivity index (χ3v) is 5.87. The van der Waals surface area contributed by atoms with E-state index in [1.807, 2.05) is 17.5 Å². The number of fused-ring (bicyclic) bond motifs is 1. The molecular weight excluding hydrogens is 446 g/mol. The normalized spacial score (nSPS) is 10.5. The lowest BCUT2D eigenvalue weighted by Crippen LogP contribution is -2.11. The molecule has 0 unspecified atom stereocenters. The predicted octanol–water partition coefficient (Wildman–Crippen LogP) is 5.02. The Labute approximate surface area is 174 Å².